The van der Waals surface area contributed by atoms with E-state index >= 15 is 0 Å². The smallest absolute Gasteiger partial charge is 0.0206 e. The molecule has 1 N–H and O–H groups in total. The van der Waals surface area contributed by atoms with Crippen LogP contribution >= 0.6 is 0 Å². The van der Waals surface area contributed by atoms with Crippen molar-refractivity contribution in [3.05, 3.63) is 11.6 Å². The highest BCUT2D eigenvalue weighted by molar-refractivity contribution is 5.75. The summed E-state index contributed by atoms with van der Waals surface area (Å²) in [4.78, 5) is 0. The van der Waals surface area contributed by atoms with Crippen LogP contribution in [0.5, 0.6) is 0 Å². The SMILES string of the molecule is CC/C=C(\C=N)CC. The molecule has 0 saturated heterocycles. The third-order valence-corrected chi connectivity index (χ3v) is 1.06. The van der Waals surface area contributed by atoms with Crippen LogP contribution in [0.3, 0.4) is 0 Å². The highest BCUT2D eigenvalue weighted by atomic mass is 14.3. The van der Waals surface area contributed by atoms with Gasteiger partial charge in [-0.3, -0.25) is 0 Å². The molecule has 0 spiro atoms. The van der Waals surface area contributed by atoms with E-state index in [0.717, 1.165) is 18.4 Å². The van der Waals surface area contributed by atoms with E-state index in [1.165, 1.54) is 6.21 Å². The number of nitrogens with one attached hydrogen (secondary N) is 1. The predicted molar refractivity (Wildman–Crippen MR) is 37.4 cm³/mol. The summed E-state index contributed by atoms with van der Waals surface area (Å²) in [5.41, 5.74) is 1.13. The summed E-state index contributed by atoms with van der Waals surface area (Å²) in [6, 6.07) is 0. The van der Waals surface area contributed by atoms with Crippen molar-refractivity contribution in [2.24, 2.45) is 0 Å². The molecular weight excluding hydrogens is 98.1 g/mol. The van der Waals surface area contributed by atoms with E-state index in [4.69, 9.17) is 5.41 Å². The number of rotatable bonds is 3. The minimum Gasteiger partial charge on any atom is -0.308 e. The minimum atomic E-state index is 0.983. The Morgan fingerprint density at radius 2 is 2.12 bits per heavy atom. The molecule has 1 heteroatoms. The molecule has 0 heterocycles. The average Bonchev–Trinajstić information content (AvgIpc) is 1.83. The van der Waals surface area contributed by atoms with E-state index in [1.54, 1.807) is 0 Å². The van der Waals surface area contributed by atoms with Crippen molar-refractivity contribution >= 4 is 6.21 Å². The highest BCUT2D eigenvalue weighted by Crippen LogP contribution is 1.96. The monoisotopic (exact) mass is 111 g/mol. The highest BCUT2D eigenvalue weighted by Gasteiger charge is 1.82. The Kier molecular flexibility index (Phi) is 4.23. The van der Waals surface area contributed by atoms with Crippen molar-refractivity contribution in [3.63, 3.8) is 0 Å². The second kappa shape index (κ2) is 4.57. The van der Waals surface area contributed by atoms with Gasteiger partial charge in [-0.2, -0.15) is 0 Å². The van der Waals surface area contributed by atoms with Crippen molar-refractivity contribution in [2.45, 2.75) is 26.7 Å². The average molecular weight is 111 g/mol. The van der Waals surface area contributed by atoms with Crippen LogP contribution in [0, 0.1) is 5.41 Å². The van der Waals surface area contributed by atoms with Crippen LogP contribution in [-0.2, 0) is 0 Å². The predicted octanol–water partition coefficient (Wildman–Crippen LogP) is 2.38. The first-order valence-corrected chi connectivity index (χ1v) is 3.04. The van der Waals surface area contributed by atoms with Crippen molar-refractivity contribution in [2.75, 3.05) is 0 Å². The van der Waals surface area contributed by atoms with Gasteiger partial charge in [-0.05, 0) is 18.4 Å². The normalized spacial score (nSPS) is 11.5. The molecule has 0 aliphatic rings. The van der Waals surface area contributed by atoms with Gasteiger partial charge < -0.3 is 5.41 Å². The van der Waals surface area contributed by atoms with Gasteiger partial charge >= 0.3 is 0 Å². The van der Waals surface area contributed by atoms with Gasteiger partial charge in [0.1, 0.15) is 0 Å². The van der Waals surface area contributed by atoms with Gasteiger partial charge in [-0.1, -0.05) is 19.9 Å². The zero-order valence-corrected chi connectivity index (χ0v) is 5.57. The first-order valence-electron chi connectivity index (χ1n) is 3.04. The molecule has 0 rings (SSSR count). The van der Waals surface area contributed by atoms with Gasteiger partial charge in [0.05, 0.1) is 0 Å². The molecule has 0 fully saturated rings. The van der Waals surface area contributed by atoms with Gasteiger partial charge in [0.2, 0.25) is 0 Å². The summed E-state index contributed by atoms with van der Waals surface area (Å²) in [5.74, 6) is 0. The molecule has 0 saturated carbocycles. The molecule has 46 valence electrons. The maximum atomic E-state index is 6.87. The van der Waals surface area contributed by atoms with E-state index in [0.29, 0.717) is 0 Å². The molecule has 0 radical (unpaired) electrons. The van der Waals surface area contributed by atoms with E-state index in [-0.39, 0.29) is 0 Å². The third kappa shape index (κ3) is 2.56. The summed E-state index contributed by atoms with van der Waals surface area (Å²) in [7, 11) is 0. The lowest BCUT2D eigenvalue weighted by Crippen LogP contribution is -1.78. The van der Waals surface area contributed by atoms with Crippen molar-refractivity contribution < 1.29 is 0 Å². The Morgan fingerprint density at radius 3 is 2.25 bits per heavy atom. The van der Waals surface area contributed by atoms with Crippen LogP contribution in [0.4, 0.5) is 0 Å². The molecular formula is C7H13N. The Balaban J connectivity index is 3.66. The molecule has 0 aromatic heterocycles. The van der Waals surface area contributed by atoms with E-state index in [2.05, 4.69) is 19.9 Å². The Hall–Kier alpha value is -0.590. The number of hydrogen-bond acceptors (Lipinski definition) is 1. The van der Waals surface area contributed by atoms with E-state index in [9.17, 15) is 0 Å². The van der Waals surface area contributed by atoms with Crippen LogP contribution in [-0.4, -0.2) is 6.21 Å². The van der Waals surface area contributed by atoms with Gasteiger partial charge in [-0.25, -0.2) is 0 Å². The standard InChI is InChI=1S/C7H13N/c1-3-5-7(4-2)6-8/h5-6,8H,3-4H2,1-2H3/b7-5-,8-6?. The van der Waals surface area contributed by atoms with Crippen molar-refractivity contribution in [1.82, 2.24) is 0 Å². The van der Waals surface area contributed by atoms with Gasteiger partial charge in [0.15, 0.2) is 0 Å². The number of hydrogen-bond donors (Lipinski definition) is 1. The first-order chi connectivity index (χ1) is 3.85. The third-order valence-electron chi connectivity index (χ3n) is 1.06. The molecule has 0 aliphatic carbocycles. The fourth-order valence-corrected chi connectivity index (χ4v) is 0.568. The van der Waals surface area contributed by atoms with Crippen LogP contribution in [0.2, 0.25) is 0 Å². The summed E-state index contributed by atoms with van der Waals surface area (Å²) in [6.07, 6.45) is 5.52. The molecule has 0 aromatic carbocycles. The Labute approximate surface area is 50.9 Å². The maximum Gasteiger partial charge on any atom is 0.0206 e. The van der Waals surface area contributed by atoms with Crippen LogP contribution in [0.15, 0.2) is 11.6 Å². The van der Waals surface area contributed by atoms with Gasteiger partial charge in [0, 0.05) is 6.21 Å². The van der Waals surface area contributed by atoms with Gasteiger partial charge in [-0.15, -0.1) is 0 Å². The molecule has 0 unspecified atom stereocenters. The van der Waals surface area contributed by atoms with E-state index in [1.807, 2.05) is 0 Å². The molecule has 0 aromatic rings. The summed E-state index contributed by atoms with van der Waals surface area (Å²) in [5, 5.41) is 6.87. The fourth-order valence-electron chi connectivity index (χ4n) is 0.568. The zero-order chi connectivity index (χ0) is 6.41. The fraction of sp³-hybridized carbons (Fsp3) is 0.571. The Bertz CT molecular complexity index is 92.6. The van der Waals surface area contributed by atoms with Crippen LogP contribution in [0.1, 0.15) is 26.7 Å². The van der Waals surface area contributed by atoms with E-state index < -0.39 is 0 Å². The Morgan fingerprint density at radius 1 is 1.50 bits per heavy atom. The summed E-state index contributed by atoms with van der Waals surface area (Å²) in [6.45, 7) is 4.14. The number of allylic oxidation sites excluding steroid dienone is 2. The summed E-state index contributed by atoms with van der Waals surface area (Å²) >= 11 is 0. The lowest BCUT2D eigenvalue weighted by atomic mass is 10.2. The second-order valence-electron chi connectivity index (χ2n) is 1.69. The van der Waals surface area contributed by atoms with Crippen molar-refractivity contribution in [1.29, 1.82) is 5.41 Å². The first kappa shape index (κ1) is 7.41. The lowest BCUT2D eigenvalue weighted by molar-refractivity contribution is 1.12. The van der Waals surface area contributed by atoms with Crippen LogP contribution in [0.25, 0.3) is 0 Å². The molecule has 0 atom stereocenters. The topological polar surface area (TPSA) is 23.9 Å². The van der Waals surface area contributed by atoms with Crippen molar-refractivity contribution in [3.8, 4) is 0 Å². The quantitative estimate of drug-likeness (QED) is 0.541. The molecule has 0 bridgehead atoms. The second-order valence-corrected chi connectivity index (χ2v) is 1.69. The molecule has 0 aliphatic heterocycles. The molecule has 8 heavy (non-hydrogen) atoms. The van der Waals surface area contributed by atoms with Gasteiger partial charge in [0.25, 0.3) is 0 Å². The zero-order valence-electron chi connectivity index (χ0n) is 5.57. The minimum absolute atomic E-state index is 0.983. The lowest BCUT2D eigenvalue weighted by Gasteiger charge is -1.89. The maximum absolute atomic E-state index is 6.87. The van der Waals surface area contributed by atoms with Crippen LogP contribution < -0.4 is 0 Å². The molecule has 1 nitrogen and oxygen atoms in total. The largest absolute Gasteiger partial charge is 0.308 e. The summed E-state index contributed by atoms with van der Waals surface area (Å²) < 4.78 is 0. The molecule has 0 amide bonds.